The molecule has 1 N–H and O–H groups in total. The number of ether oxygens (including phenoxy) is 1. The molecular formula is C9H10Cl2N4O2. The molecule has 1 aliphatic heterocycles. The predicted molar refractivity (Wildman–Crippen MR) is 61.9 cm³/mol. The molecule has 2 rings (SSSR count). The van der Waals surface area contributed by atoms with Crippen LogP contribution in [-0.4, -0.2) is 47.4 Å². The van der Waals surface area contributed by atoms with Crippen molar-refractivity contribution < 1.29 is 9.53 Å². The summed E-state index contributed by atoms with van der Waals surface area (Å²) in [6.07, 6.45) is 0. The monoisotopic (exact) mass is 276 g/mol. The molecule has 1 aromatic rings. The van der Waals surface area contributed by atoms with Gasteiger partial charge in [0.05, 0.1) is 18.8 Å². The zero-order valence-electron chi connectivity index (χ0n) is 8.82. The number of carbonyl (C=O) groups is 1. The molecule has 1 saturated heterocycles. The van der Waals surface area contributed by atoms with E-state index in [0.717, 1.165) is 0 Å². The maximum atomic E-state index is 11.9. The normalized spacial score (nSPS) is 16.8. The van der Waals surface area contributed by atoms with Gasteiger partial charge in [-0.3, -0.25) is 10.2 Å². The molecule has 0 spiro atoms. The Morgan fingerprint density at radius 1 is 1.35 bits per heavy atom. The van der Waals surface area contributed by atoms with Crippen molar-refractivity contribution in [2.24, 2.45) is 0 Å². The number of nitrogens with one attached hydrogen (secondary N) is 1. The van der Waals surface area contributed by atoms with Gasteiger partial charge in [-0.15, -0.1) is 10.2 Å². The molecule has 0 saturated carbocycles. The molecule has 1 aromatic heterocycles. The number of carbonyl (C=O) groups excluding carboxylic acids is 1. The van der Waals surface area contributed by atoms with E-state index in [2.05, 4.69) is 15.6 Å². The number of hydrogen-bond donors (Lipinski definition) is 1. The SMILES string of the molecule is O=C(NN1CCOCC1)c1cc(Cl)nnc1Cl. The fourth-order valence-corrected chi connectivity index (χ4v) is 1.72. The topological polar surface area (TPSA) is 67.4 Å². The first kappa shape index (κ1) is 12.5. The summed E-state index contributed by atoms with van der Waals surface area (Å²) in [4.78, 5) is 11.9. The number of nitrogens with zero attached hydrogens (tertiary/aromatic N) is 3. The number of amides is 1. The van der Waals surface area contributed by atoms with Crippen molar-refractivity contribution in [1.29, 1.82) is 0 Å². The van der Waals surface area contributed by atoms with Gasteiger partial charge >= 0.3 is 0 Å². The number of aromatic nitrogens is 2. The first-order valence-corrected chi connectivity index (χ1v) is 5.75. The van der Waals surface area contributed by atoms with E-state index in [4.69, 9.17) is 27.9 Å². The van der Waals surface area contributed by atoms with E-state index in [-0.39, 0.29) is 21.8 Å². The lowest BCUT2D eigenvalue weighted by Gasteiger charge is -2.26. The van der Waals surface area contributed by atoms with Crippen LogP contribution in [0.5, 0.6) is 0 Å². The van der Waals surface area contributed by atoms with Gasteiger partial charge in [0, 0.05) is 13.1 Å². The lowest BCUT2D eigenvalue weighted by molar-refractivity contribution is 0.0126. The standard InChI is InChI=1S/C9H10Cl2N4O2/c10-7-5-6(8(11)13-12-7)9(16)14-15-1-3-17-4-2-15/h5H,1-4H2,(H,14,16). The van der Waals surface area contributed by atoms with Crippen molar-refractivity contribution in [2.45, 2.75) is 0 Å². The summed E-state index contributed by atoms with van der Waals surface area (Å²) in [5.41, 5.74) is 2.91. The van der Waals surface area contributed by atoms with Gasteiger partial charge in [-0.25, -0.2) is 5.01 Å². The average Bonchev–Trinajstić information content (AvgIpc) is 2.33. The van der Waals surface area contributed by atoms with Crippen LogP contribution in [0, 0.1) is 0 Å². The quantitative estimate of drug-likeness (QED) is 0.864. The van der Waals surface area contributed by atoms with Crippen molar-refractivity contribution in [3.63, 3.8) is 0 Å². The average molecular weight is 277 g/mol. The molecule has 0 radical (unpaired) electrons. The lowest BCUT2D eigenvalue weighted by Crippen LogP contribution is -2.48. The van der Waals surface area contributed by atoms with E-state index >= 15 is 0 Å². The van der Waals surface area contributed by atoms with Gasteiger partial charge in [0.2, 0.25) is 0 Å². The number of rotatable bonds is 2. The molecule has 0 bridgehead atoms. The van der Waals surface area contributed by atoms with Crippen LogP contribution in [-0.2, 0) is 4.74 Å². The maximum absolute atomic E-state index is 11.9. The van der Waals surface area contributed by atoms with Crippen molar-refractivity contribution in [3.05, 3.63) is 21.9 Å². The van der Waals surface area contributed by atoms with E-state index in [1.54, 1.807) is 5.01 Å². The molecule has 17 heavy (non-hydrogen) atoms. The molecule has 8 heteroatoms. The second-order valence-corrected chi connectivity index (χ2v) is 4.16. The van der Waals surface area contributed by atoms with Gasteiger partial charge in [0.1, 0.15) is 0 Å². The van der Waals surface area contributed by atoms with Gasteiger partial charge in [-0.2, -0.15) is 0 Å². The molecule has 92 valence electrons. The Bertz CT molecular complexity index is 423. The highest BCUT2D eigenvalue weighted by atomic mass is 35.5. The summed E-state index contributed by atoms with van der Waals surface area (Å²) in [6, 6.07) is 1.38. The van der Waals surface area contributed by atoms with Crippen molar-refractivity contribution in [3.8, 4) is 0 Å². The van der Waals surface area contributed by atoms with Gasteiger partial charge in [0.25, 0.3) is 5.91 Å². The Labute approximate surface area is 108 Å². The van der Waals surface area contributed by atoms with E-state index in [1.807, 2.05) is 0 Å². The Balaban J connectivity index is 2.05. The van der Waals surface area contributed by atoms with Gasteiger partial charge in [0.15, 0.2) is 10.3 Å². The number of morpholine rings is 1. The zero-order chi connectivity index (χ0) is 12.3. The minimum absolute atomic E-state index is 0.0279. The van der Waals surface area contributed by atoms with E-state index in [0.29, 0.717) is 26.3 Å². The van der Waals surface area contributed by atoms with Crippen LogP contribution >= 0.6 is 23.2 Å². The third kappa shape index (κ3) is 3.26. The smallest absolute Gasteiger partial charge is 0.268 e. The van der Waals surface area contributed by atoms with Crippen LogP contribution in [0.15, 0.2) is 6.07 Å². The Hall–Kier alpha value is -0.950. The zero-order valence-corrected chi connectivity index (χ0v) is 10.3. The molecule has 0 aromatic carbocycles. The summed E-state index contributed by atoms with van der Waals surface area (Å²) < 4.78 is 5.17. The molecule has 0 atom stereocenters. The molecule has 1 aliphatic rings. The summed E-state index contributed by atoms with van der Waals surface area (Å²) in [7, 11) is 0. The minimum atomic E-state index is -0.353. The molecule has 0 aliphatic carbocycles. The predicted octanol–water partition coefficient (Wildman–Crippen LogP) is 0.760. The van der Waals surface area contributed by atoms with Gasteiger partial charge in [-0.1, -0.05) is 23.2 Å². The third-order valence-electron chi connectivity index (χ3n) is 2.23. The second kappa shape index (κ2) is 5.59. The van der Waals surface area contributed by atoms with Crippen molar-refractivity contribution in [2.75, 3.05) is 26.3 Å². The fourth-order valence-electron chi connectivity index (χ4n) is 1.39. The Morgan fingerprint density at radius 3 is 2.76 bits per heavy atom. The third-order valence-corrected chi connectivity index (χ3v) is 2.70. The van der Waals surface area contributed by atoms with E-state index < -0.39 is 0 Å². The Kier molecular flexibility index (Phi) is 4.11. The summed E-state index contributed by atoms with van der Waals surface area (Å²) in [5.74, 6) is -0.353. The fraction of sp³-hybridized carbons (Fsp3) is 0.444. The molecule has 6 nitrogen and oxygen atoms in total. The largest absolute Gasteiger partial charge is 0.379 e. The van der Waals surface area contributed by atoms with Crippen LogP contribution in [0.2, 0.25) is 10.3 Å². The summed E-state index contributed by atoms with van der Waals surface area (Å²) in [5, 5.41) is 9.03. The van der Waals surface area contributed by atoms with Crippen molar-refractivity contribution in [1.82, 2.24) is 20.6 Å². The highest BCUT2D eigenvalue weighted by Crippen LogP contribution is 2.15. The first-order chi connectivity index (χ1) is 8.16. The minimum Gasteiger partial charge on any atom is -0.379 e. The van der Waals surface area contributed by atoms with Crippen LogP contribution in [0.1, 0.15) is 10.4 Å². The molecule has 1 amide bonds. The highest BCUT2D eigenvalue weighted by Gasteiger charge is 2.17. The van der Waals surface area contributed by atoms with Crippen LogP contribution < -0.4 is 5.43 Å². The lowest BCUT2D eigenvalue weighted by atomic mass is 10.3. The molecular weight excluding hydrogens is 267 g/mol. The van der Waals surface area contributed by atoms with Crippen molar-refractivity contribution >= 4 is 29.1 Å². The van der Waals surface area contributed by atoms with Crippen LogP contribution in [0.25, 0.3) is 0 Å². The maximum Gasteiger partial charge on any atom is 0.268 e. The van der Waals surface area contributed by atoms with E-state index in [1.165, 1.54) is 6.07 Å². The van der Waals surface area contributed by atoms with Gasteiger partial charge in [-0.05, 0) is 6.07 Å². The van der Waals surface area contributed by atoms with Crippen LogP contribution in [0.4, 0.5) is 0 Å². The second-order valence-electron chi connectivity index (χ2n) is 3.41. The number of hydrazine groups is 1. The summed E-state index contributed by atoms with van der Waals surface area (Å²) in [6.45, 7) is 2.44. The highest BCUT2D eigenvalue weighted by molar-refractivity contribution is 6.34. The van der Waals surface area contributed by atoms with Crippen LogP contribution in [0.3, 0.4) is 0 Å². The first-order valence-electron chi connectivity index (χ1n) is 4.99. The molecule has 0 unspecified atom stereocenters. The summed E-state index contributed by atoms with van der Waals surface area (Å²) >= 11 is 11.4. The number of halogens is 2. The van der Waals surface area contributed by atoms with Gasteiger partial charge < -0.3 is 4.74 Å². The van der Waals surface area contributed by atoms with E-state index in [9.17, 15) is 4.79 Å². The molecule has 1 fully saturated rings. The number of hydrogen-bond acceptors (Lipinski definition) is 5. The Morgan fingerprint density at radius 2 is 2.06 bits per heavy atom. The molecule has 2 heterocycles.